The molecule has 16 heteroatoms. The van der Waals surface area contributed by atoms with Gasteiger partial charge in [0.2, 0.25) is 5.91 Å². The molecule has 1 aromatic heterocycles. The van der Waals surface area contributed by atoms with E-state index in [2.05, 4.69) is 69.8 Å². The molecular formula is C48H66N4O11Si. The summed E-state index contributed by atoms with van der Waals surface area (Å²) in [4.78, 5) is 56.3. The Morgan fingerprint density at radius 1 is 0.812 bits per heavy atom. The summed E-state index contributed by atoms with van der Waals surface area (Å²) >= 11 is 0. The first kappa shape index (κ1) is 51.2. The lowest BCUT2D eigenvalue weighted by atomic mass is 9.79. The number of carboxylic acids is 1. The van der Waals surface area contributed by atoms with E-state index in [1.165, 1.54) is 43.4 Å². The largest absolute Gasteiger partial charge is 0.497 e. The molecule has 2 N–H and O–H groups in total. The van der Waals surface area contributed by atoms with Crippen molar-refractivity contribution in [2.45, 2.75) is 110 Å². The van der Waals surface area contributed by atoms with Crippen LogP contribution in [0, 0.1) is 0 Å². The van der Waals surface area contributed by atoms with Crippen molar-refractivity contribution in [3.05, 3.63) is 118 Å². The van der Waals surface area contributed by atoms with Crippen LogP contribution in [0.2, 0.25) is 18.1 Å². The molecule has 4 atom stereocenters. The van der Waals surface area contributed by atoms with Crippen molar-refractivity contribution in [2.75, 3.05) is 45.8 Å². The van der Waals surface area contributed by atoms with Crippen molar-refractivity contribution < 1.29 is 47.6 Å². The summed E-state index contributed by atoms with van der Waals surface area (Å²) in [6, 6.07) is 26.0. The van der Waals surface area contributed by atoms with E-state index in [9.17, 15) is 24.3 Å². The molecule has 5 rings (SSSR count). The standard InChI is InChI=1S/C42H51N3O11Si.C6H15N/c1-27(46)43-34-24-25-45(40(50)44-34)39-38(56-57(7,8)41(2,3)4)37(33(54-39)26-53-36(49)23-22-35(47)48)55-42(28-12-10-9-11-13-28,29-14-18-31(51-5)19-15-29)30-16-20-32(52-6)21-17-30;1-4-7(5-2)6-3/h9-21,24-25,33,37-39H,22-23,26H2,1-8H3,(H,47,48)(H,43,44,46,50);4-6H2,1-3H3/t33-,37-,38-,39-;/m1./s1. The number of benzene rings is 3. The topological polar surface area (TPSA) is 177 Å². The number of hydrogen-bond acceptors (Lipinski definition) is 12. The average Bonchev–Trinajstić information content (AvgIpc) is 3.59. The minimum Gasteiger partial charge on any atom is -0.497 e. The zero-order valence-electron chi connectivity index (χ0n) is 39.1. The van der Waals surface area contributed by atoms with E-state index in [0.29, 0.717) is 22.6 Å². The van der Waals surface area contributed by atoms with E-state index < -0.39 is 68.4 Å². The van der Waals surface area contributed by atoms with E-state index in [1.807, 2.05) is 78.9 Å². The van der Waals surface area contributed by atoms with Crippen LogP contribution in [-0.4, -0.2) is 104 Å². The minimum absolute atomic E-state index is 0.0578. The first-order valence-electron chi connectivity index (χ1n) is 21.7. The summed E-state index contributed by atoms with van der Waals surface area (Å²) in [5, 5.41) is 11.4. The fraction of sp³-hybridized carbons (Fsp3) is 0.479. The highest BCUT2D eigenvalue weighted by atomic mass is 28.4. The van der Waals surface area contributed by atoms with Crippen molar-refractivity contribution in [3.8, 4) is 11.5 Å². The second-order valence-electron chi connectivity index (χ2n) is 16.9. The average molecular weight is 903 g/mol. The summed E-state index contributed by atoms with van der Waals surface area (Å²) in [6.45, 7) is 21.5. The van der Waals surface area contributed by atoms with Crippen LogP contribution in [0.25, 0.3) is 0 Å². The van der Waals surface area contributed by atoms with E-state index in [-0.39, 0.29) is 23.9 Å². The predicted octanol–water partition coefficient (Wildman–Crippen LogP) is 7.64. The maximum absolute atomic E-state index is 13.8. The number of carbonyl (C=O) groups excluding carboxylic acids is 2. The van der Waals surface area contributed by atoms with E-state index in [1.54, 1.807) is 14.2 Å². The lowest BCUT2D eigenvalue weighted by Gasteiger charge is -2.44. The molecule has 0 unspecified atom stereocenters. The van der Waals surface area contributed by atoms with Gasteiger partial charge in [-0.2, -0.15) is 4.98 Å². The van der Waals surface area contributed by atoms with E-state index >= 15 is 0 Å². The van der Waals surface area contributed by atoms with Crippen LogP contribution in [0.4, 0.5) is 5.82 Å². The van der Waals surface area contributed by atoms with Crippen molar-refractivity contribution in [3.63, 3.8) is 0 Å². The van der Waals surface area contributed by atoms with Gasteiger partial charge in [-0.15, -0.1) is 0 Å². The Hall–Kier alpha value is -5.39. The molecule has 1 aliphatic heterocycles. The van der Waals surface area contributed by atoms with Crippen LogP contribution < -0.4 is 20.5 Å². The molecule has 4 aromatic rings. The number of carboxylic acid groups (broad SMARTS) is 1. The SMILES string of the molecule is CCN(CC)CC.COc1ccc(C(O[C@H]2[C@@H](O[Si](C)(C)C(C)(C)C)[C@H](n3ccc(NC(C)=O)nc3=O)O[C@@H]2COC(=O)CCC(=O)O)(c2ccccc2)c2ccc(OC)cc2)cc1. The van der Waals surface area contributed by atoms with E-state index in [0.717, 1.165) is 5.56 Å². The Morgan fingerprint density at radius 2 is 1.34 bits per heavy atom. The van der Waals surface area contributed by atoms with Crippen molar-refractivity contribution in [1.82, 2.24) is 14.5 Å². The number of ether oxygens (including phenoxy) is 5. The molecule has 2 heterocycles. The number of aliphatic carboxylic acids is 1. The fourth-order valence-corrected chi connectivity index (χ4v) is 8.35. The number of nitrogens with one attached hydrogen (secondary N) is 1. The van der Waals surface area contributed by atoms with Crippen molar-refractivity contribution in [2.24, 2.45) is 0 Å². The zero-order chi connectivity index (χ0) is 47.2. The van der Waals surface area contributed by atoms with Crippen LogP contribution in [0.15, 0.2) is 95.9 Å². The number of aromatic nitrogens is 2. The Balaban J connectivity index is 0.00000118. The number of methoxy groups -OCH3 is 2. The van der Waals surface area contributed by atoms with Crippen LogP contribution in [0.5, 0.6) is 11.5 Å². The molecule has 15 nitrogen and oxygen atoms in total. The smallest absolute Gasteiger partial charge is 0.351 e. The molecule has 0 saturated carbocycles. The van der Waals surface area contributed by atoms with Gasteiger partial charge in [0.1, 0.15) is 47.8 Å². The normalized spacial score (nSPS) is 17.6. The first-order chi connectivity index (χ1) is 30.3. The number of esters is 1. The lowest BCUT2D eigenvalue weighted by Crippen LogP contribution is -2.52. The number of carbonyl (C=O) groups is 3. The second kappa shape index (κ2) is 23.0. The van der Waals surface area contributed by atoms with Gasteiger partial charge in [-0.1, -0.05) is 96.1 Å². The molecule has 0 spiro atoms. The number of amides is 1. The lowest BCUT2D eigenvalue weighted by molar-refractivity contribution is -0.156. The Labute approximate surface area is 378 Å². The summed E-state index contributed by atoms with van der Waals surface area (Å²) in [5.74, 6) is -0.984. The summed E-state index contributed by atoms with van der Waals surface area (Å²) in [7, 11) is 0.434. The molecule has 0 aliphatic carbocycles. The molecule has 1 saturated heterocycles. The van der Waals surface area contributed by atoms with Crippen molar-refractivity contribution >= 4 is 32.0 Å². The third kappa shape index (κ3) is 12.9. The van der Waals surface area contributed by atoms with Crippen LogP contribution in [-0.2, 0) is 38.6 Å². The molecule has 64 heavy (non-hydrogen) atoms. The molecule has 1 amide bonds. The molecule has 1 fully saturated rings. The van der Waals surface area contributed by atoms with Gasteiger partial charge in [0.25, 0.3) is 0 Å². The second-order valence-corrected chi connectivity index (χ2v) is 21.6. The fourth-order valence-electron chi connectivity index (χ4n) is 7.07. The van der Waals surface area contributed by atoms with Gasteiger partial charge in [0, 0.05) is 13.1 Å². The third-order valence-corrected chi connectivity index (χ3v) is 16.2. The molecular weight excluding hydrogens is 837 g/mol. The van der Waals surface area contributed by atoms with Crippen LogP contribution >= 0.6 is 0 Å². The molecule has 348 valence electrons. The Bertz CT molecular complexity index is 2120. The molecule has 1 aliphatic rings. The summed E-state index contributed by atoms with van der Waals surface area (Å²) < 4.78 is 39.5. The predicted molar refractivity (Wildman–Crippen MR) is 247 cm³/mol. The number of hydrogen-bond donors (Lipinski definition) is 2. The zero-order valence-corrected chi connectivity index (χ0v) is 40.1. The summed E-state index contributed by atoms with van der Waals surface area (Å²) in [5.41, 5.74) is 0.0508. The highest BCUT2D eigenvalue weighted by Gasteiger charge is 2.55. The highest BCUT2D eigenvalue weighted by Crippen LogP contribution is 2.48. The van der Waals surface area contributed by atoms with Crippen LogP contribution in [0.1, 0.15) is 84.2 Å². The Kier molecular flexibility index (Phi) is 18.4. The third-order valence-electron chi connectivity index (χ3n) is 11.7. The van der Waals surface area contributed by atoms with Gasteiger partial charge in [0.05, 0.1) is 27.1 Å². The van der Waals surface area contributed by atoms with Gasteiger partial charge in [-0.3, -0.25) is 19.0 Å². The minimum atomic E-state index is -2.73. The number of anilines is 1. The molecule has 3 aromatic carbocycles. The quantitative estimate of drug-likeness (QED) is 0.0534. The van der Waals surface area contributed by atoms with Gasteiger partial charge in [-0.25, -0.2) is 4.79 Å². The van der Waals surface area contributed by atoms with E-state index in [4.69, 9.17) is 28.1 Å². The Morgan fingerprint density at radius 3 is 1.78 bits per heavy atom. The van der Waals surface area contributed by atoms with Crippen molar-refractivity contribution in [1.29, 1.82) is 0 Å². The molecule has 0 bridgehead atoms. The maximum Gasteiger partial charge on any atom is 0.351 e. The van der Waals surface area contributed by atoms with Gasteiger partial charge >= 0.3 is 17.6 Å². The highest BCUT2D eigenvalue weighted by molar-refractivity contribution is 6.74. The number of nitrogens with zero attached hydrogens (tertiary/aromatic N) is 3. The monoisotopic (exact) mass is 902 g/mol. The summed E-state index contributed by atoms with van der Waals surface area (Å²) in [6.07, 6.45) is -3.58. The van der Waals surface area contributed by atoms with Crippen LogP contribution in [0.3, 0.4) is 0 Å². The number of rotatable bonds is 19. The van der Waals surface area contributed by atoms with Gasteiger partial charge < -0.3 is 43.4 Å². The maximum atomic E-state index is 13.8. The van der Waals surface area contributed by atoms with Gasteiger partial charge in [0.15, 0.2) is 14.5 Å². The first-order valence-corrected chi connectivity index (χ1v) is 24.6. The van der Waals surface area contributed by atoms with Gasteiger partial charge in [-0.05, 0) is 84.8 Å². The molecule has 0 radical (unpaired) electrons.